The number of carbonyl (C=O) groups is 3. The number of ketones is 1. The summed E-state index contributed by atoms with van der Waals surface area (Å²) >= 11 is 0. The molecule has 1 heterocycles. The maximum absolute atomic E-state index is 14.6. The van der Waals surface area contributed by atoms with Gasteiger partial charge in [-0.1, -0.05) is 48.5 Å². The fourth-order valence-corrected chi connectivity index (χ4v) is 6.00. The van der Waals surface area contributed by atoms with E-state index in [1.165, 1.54) is 0 Å². The summed E-state index contributed by atoms with van der Waals surface area (Å²) < 4.78 is 22.6. The standard InChI is InChI=1S/C35H35NO7/c1-5-41-34(38)29-21(3)36-27-20-26(25-17-10-11-18-28(25)40-4)31(35(39)42-6-2)33(37)32(27)30(29)22-13-12-16-24(19-22)43-23-14-8-7-9-15-23/h7-19,26,30-31,36H,5-6,20H2,1-4H3/t26-,30-,31-/m1/s1. The molecule has 0 spiro atoms. The van der Waals surface area contributed by atoms with E-state index < -0.39 is 35.5 Å². The third kappa shape index (κ3) is 5.91. The molecule has 0 unspecified atom stereocenters. The number of allylic oxidation sites excluding steroid dienone is 3. The second kappa shape index (κ2) is 13.0. The van der Waals surface area contributed by atoms with Crippen molar-refractivity contribution in [1.29, 1.82) is 0 Å². The summed E-state index contributed by atoms with van der Waals surface area (Å²) in [4.78, 5) is 41.5. The number of para-hydroxylation sites is 2. The lowest BCUT2D eigenvalue weighted by Crippen LogP contribution is -2.43. The Bertz CT molecular complexity index is 1590. The molecule has 8 heteroatoms. The molecule has 0 saturated carbocycles. The van der Waals surface area contributed by atoms with Gasteiger partial charge < -0.3 is 24.3 Å². The highest BCUT2D eigenvalue weighted by Crippen LogP contribution is 2.49. The smallest absolute Gasteiger partial charge is 0.336 e. The first-order valence-electron chi connectivity index (χ1n) is 14.4. The maximum atomic E-state index is 14.6. The lowest BCUT2D eigenvalue weighted by molar-refractivity contribution is -0.152. The average molecular weight is 582 g/mol. The summed E-state index contributed by atoms with van der Waals surface area (Å²) in [5, 5.41) is 3.33. The molecule has 1 aliphatic heterocycles. The first-order valence-corrected chi connectivity index (χ1v) is 14.4. The Balaban J connectivity index is 1.66. The fourth-order valence-electron chi connectivity index (χ4n) is 6.00. The summed E-state index contributed by atoms with van der Waals surface area (Å²) in [5.74, 6) is -2.25. The summed E-state index contributed by atoms with van der Waals surface area (Å²) in [5.41, 5.74) is 3.27. The Labute approximate surface area is 251 Å². The molecule has 8 nitrogen and oxygen atoms in total. The fraction of sp³-hybridized carbons (Fsp3) is 0.286. The largest absolute Gasteiger partial charge is 0.496 e. The van der Waals surface area contributed by atoms with Crippen molar-refractivity contribution in [2.75, 3.05) is 20.3 Å². The minimum Gasteiger partial charge on any atom is -0.496 e. The number of rotatable bonds is 9. The van der Waals surface area contributed by atoms with Crippen molar-refractivity contribution in [2.45, 2.75) is 39.0 Å². The lowest BCUT2D eigenvalue weighted by atomic mass is 9.67. The zero-order valence-electron chi connectivity index (χ0n) is 24.7. The van der Waals surface area contributed by atoms with Crippen LogP contribution in [0.1, 0.15) is 50.2 Å². The number of hydrogen-bond donors (Lipinski definition) is 1. The van der Waals surface area contributed by atoms with Crippen LogP contribution in [-0.2, 0) is 23.9 Å². The van der Waals surface area contributed by atoms with Crippen LogP contribution in [0.3, 0.4) is 0 Å². The van der Waals surface area contributed by atoms with Crippen molar-refractivity contribution in [3.05, 3.63) is 113 Å². The molecule has 5 rings (SSSR count). The number of carbonyl (C=O) groups excluding carboxylic acids is 3. The van der Waals surface area contributed by atoms with Crippen molar-refractivity contribution < 1.29 is 33.3 Å². The second-order valence-corrected chi connectivity index (χ2v) is 10.3. The van der Waals surface area contributed by atoms with Gasteiger partial charge in [0.15, 0.2) is 5.78 Å². The number of methoxy groups -OCH3 is 1. The van der Waals surface area contributed by atoms with E-state index in [9.17, 15) is 14.4 Å². The molecular weight excluding hydrogens is 546 g/mol. The number of ether oxygens (including phenoxy) is 4. The predicted molar refractivity (Wildman–Crippen MR) is 161 cm³/mol. The Morgan fingerprint density at radius 2 is 1.58 bits per heavy atom. The van der Waals surface area contributed by atoms with Gasteiger partial charge in [-0.15, -0.1) is 0 Å². The van der Waals surface area contributed by atoms with Crippen molar-refractivity contribution in [3.8, 4) is 17.2 Å². The quantitative estimate of drug-likeness (QED) is 0.236. The van der Waals surface area contributed by atoms with Gasteiger partial charge in [0, 0.05) is 28.8 Å². The number of Topliss-reactive ketones (excluding diaryl/α,β-unsaturated/α-hetero) is 1. The van der Waals surface area contributed by atoms with Gasteiger partial charge in [0.05, 0.1) is 25.9 Å². The highest BCUT2D eigenvalue weighted by molar-refractivity contribution is 6.13. The van der Waals surface area contributed by atoms with E-state index in [-0.39, 0.29) is 13.2 Å². The molecule has 2 aliphatic rings. The van der Waals surface area contributed by atoms with Crippen LogP contribution in [0.4, 0.5) is 0 Å². The lowest BCUT2D eigenvalue weighted by Gasteiger charge is -2.39. The highest BCUT2D eigenvalue weighted by Gasteiger charge is 2.49. The summed E-state index contributed by atoms with van der Waals surface area (Å²) in [7, 11) is 1.56. The van der Waals surface area contributed by atoms with Gasteiger partial charge in [-0.25, -0.2) is 4.79 Å². The van der Waals surface area contributed by atoms with E-state index in [0.717, 1.165) is 5.56 Å². The van der Waals surface area contributed by atoms with E-state index in [4.69, 9.17) is 18.9 Å². The van der Waals surface area contributed by atoms with Gasteiger partial charge in [0.2, 0.25) is 0 Å². The molecular formula is C35H35NO7. The minimum absolute atomic E-state index is 0.126. The first kappa shape index (κ1) is 29.6. The van der Waals surface area contributed by atoms with Gasteiger partial charge in [0.1, 0.15) is 23.2 Å². The van der Waals surface area contributed by atoms with Crippen LogP contribution in [0.5, 0.6) is 17.2 Å². The molecule has 0 aromatic heterocycles. The molecule has 0 bridgehead atoms. The third-order valence-electron chi connectivity index (χ3n) is 7.76. The number of hydrogen-bond acceptors (Lipinski definition) is 8. The Hall–Kier alpha value is -4.85. The number of benzene rings is 3. The molecule has 3 aromatic carbocycles. The molecule has 3 aromatic rings. The number of esters is 2. The Morgan fingerprint density at radius 3 is 2.30 bits per heavy atom. The molecule has 0 radical (unpaired) electrons. The predicted octanol–water partition coefficient (Wildman–Crippen LogP) is 6.20. The van der Waals surface area contributed by atoms with Gasteiger partial charge in [0.25, 0.3) is 0 Å². The van der Waals surface area contributed by atoms with Crippen molar-refractivity contribution in [3.63, 3.8) is 0 Å². The van der Waals surface area contributed by atoms with Crippen molar-refractivity contribution >= 4 is 17.7 Å². The Morgan fingerprint density at radius 1 is 0.884 bits per heavy atom. The van der Waals surface area contributed by atoms with Crippen LogP contribution in [0.25, 0.3) is 0 Å². The van der Waals surface area contributed by atoms with E-state index in [0.29, 0.717) is 51.8 Å². The molecule has 3 atom stereocenters. The van der Waals surface area contributed by atoms with Crippen LogP contribution in [0.2, 0.25) is 0 Å². The molecule has 0 fully saturated rings. The van der Waals surface area contributed by atoms with Crippen molar-refractivity contribution in [2.24, 2.45) is 5.92 Å². The van der Waals surface area contributed by atoms with Crippen LogP contribution in [0, 0.1) is 5.92 Å². The van der Waals surface area contributed by atoms with Crippen molar-refractivity contribution in [1.82, 2.24) is 5.32 Å². The topological polar surface area (TPSA) is 100 Å². The molecule has 43 heavy (non-hydrogen) atoms. The number of dihydropyridines is 1. The van der Waals surface area contributed by atoms with E-state index in [2.05, 4.69) is 5.32 Å². The summed E-state index contributed by atoms with van der Waals surface area (Å²) in [6.45, 7) is 5.54. The minimum atomic E-state index is -1.13. The Kier molecular flexibility index (Phi) is 8.95. The van der Waals surface area contributed by atoms with Gasteiger partial charge in [-0.05, 0) is 68.7 Å². The normalized spacial score (nSPS) is 19.7. The van der Waals surface area contributed by atoms with Crippen LogP contribution in [0.15, 0.2) is 101 Å². The molecule has 1 N–H and O–H groups in total. The zero-order chi connectivity index (χ0) is 30.5. The monoisotopic (exact) mass is 581 g/mol. The first-order chi connectivity index (χ1) is 20.9. The highest BCUT2D eigenvalue weighted by atomic mass is 16.5. The summed E-state index contributed by atoms with van der Waals surface area (Å²) in [6, 6.07) is 24.0. The molecule has 222 valence electrons. The van der Waals surface area contributed by atoms with Gasteiger partial charge in [-0.2, -0.15) is 0 Å². The van der Waals surface area contributed by atoms with E-state index in [1.807, 2.05) is 78.9 Å². The van der Waals surface area contributed by atoms with Crippen LogP contribution < -0.4 is 14.8 Å². The van der Waals surface area contributed by atoms with E-state index in [1.54, 1.807) is 27.9 Å². The number of nitrogens with one attached hydrogen (secondary N) is 1. The molecule has 0 saturated heterocycles. The molecule has 0 amide bonds. The van der Waals surface area contributed by atoms with Crippen LogP contribution >= 0.6 is 0 Å². The molecule has 1 aliphatic carbocycles. The second-order valence-electron chi connectivity index (χ2n) is 10.3. The van der Waals surface area contributed by atoms with E-state index >= 15 is 0 Å². The van der Waals surface area contributed by atoms with Gasteiger partial charge >= 0.3 is 11.9 Å². The maximum Gasteiger partial charge on any atom is 0.336 e. The van der Waals surface area contributed by atoms with Crippen LogP contribution in [-0.4, -0.2) is 38.0 Å². The third-order valence-corrected chi connectivity index (χ3v) is 7.76. The summed E-state index contributed by atoms with van der Waals surface area (Å²) in [6.07, 6.45) is 0.328. The zero-order valence-corrected chi connectivity index (χ0v) is 24.7. The van der Waals surface area contributed by atoms with Gasteiger partial charge in [-0.3, -0.25) is 9.59 Å². The SMILES string of the molecule is CCOC(=O)C1=C(C)NC2=C(C(=O)[C@H](C(=O)OCC)[C@@H](c3ccccc3OC)C2)[C@@H]1c1cccc(Oc2ccccc2)c1. The average Bonchev–Trinajstić information content (AvgIpc) is 3.01.